The molecule has 11 unspecified atom stereocenters. The predicted molar refractivity (Wildman–Crippen MR) is 335 cm³/mol. The van der Waals surface area contributed by atoms with E-state index in [1.807, 2.05) is 48.5 Å². The molecule has 0 radical (unpaired) electrons. The molecule has 0 heterocycles. The number of aliphatic hydroxyl groups is 1. The number of hydrogen-bond acceptors (Lipinski definition) is 12. The minimum atomic E-state index is -1.53. The summed E-state index contributed by atoms with van der Waals surface area (Å²) in [6, 6.07) is -10.0. The molecule has 0 aromatic heterocycles. The van der Waals surface area contributed by atoms with Crippen LogP contribution in [0.15, 0.2) is 0 Å². The molecule has 496 valence electrons. The Hall–Kier alpha value is -5.87. The highest BCUT2D eigenvalue weighted by Crippen LogP contribution is 2.25. The minimum Gasteiger partial charge on any atom is -0.390 e. The normalized spacial score (nSPS) is 15.5. The first kappa shape index (κ1) is 80.1. The van der Waals surface area contributed by atoms with Crippen molar-refractivity contribution >= 4 is 65.0 Å². The van der Waals surface area contributed by atoms with Crippen LogP contribution < -0.4 is 21.3 Å². The fourth-order valence-corrected chi connectivity index (χ4v) is 10.3. The highest BCUT2D eigenvalue weighted by Gasteiger charge is 2.44. The quantitative estimate of drug-likeness (QED) is 0.0588. The van der Waals surface area contributed by atoms with Gasteiger partial charge in [-0.15, -0.1) is 0 Å². The lowest BCUT2D eigenvalue weighted by Gasteiger charge is -2.40. The van der Waals surface area contributed by atoms with Gasteiger partial charge in [-0.25, -0.2) is 0 Å². The Labute approximate surface area is 516 Å². The first-order valence-electron chi connectivity index (χ1n) is 31.3. The molecule has 0 aliphatic rings. The molecule has 0 aromatic carbocycles. The molecule has 0 spiro atoms. The molecule has 0 fully saturated rings. The Morgan fingerprint density at radius 3 is 1.36 bits per heavy atom. The number of carbonyl (C=O) groups excluding carboxylic acids is 11. The largest absolute Gasteiger partial charge is 0.390 e. The maximum atomic E-state index is 14.7. The van der Waals surface area contributed by atoms with E-state index in [0.717, 1.165) is 29.1 Å². The molecule has 11 atom stereocenters. The Kier molecular flexibility index (Phi) is 35.2. The molecule has 23 nitrogen and oxygen atoms in total. The van der Waals surface area contributed by atoms with Gasteiger partial charge in [0, 0.05) is 62.8 Å². The summed E-state index contributed by atoms with van der Waals surface area (Å²) in [4.78, 5) is 163. The van der Waals surface area contributed by atoms with E-state index in [4.69, 9.17) is 0 Å². The molecule has 0 saturated heterocycles. The second-order valence-corrected chi connectivity index (χ2v) is 26.5. The number of likely N-dealkylation sites (N-methyl/N-ethyl adjacent to an activating group) is 7. The van der Waals surface area contributed by atoms with Crippen LogP contribution in [0.2, 0.25) is 0 Å². The van der Waals surface area contributed by atoms with Crippen LogP contribution in [0.3, 0.4) is 0 Å². The van der Waals surface area contributed by atoms with Crippen LogP contribution in [-0.2, 0) is 52.7 Å². The monoisotopic (exact) mass is 1220 g/mol. The van der Waals surface area contributed by atoms with Gasteiger partial charge in [0.15, 0.2) is 0 Å². The number of nitrogens with one attached hydrogen (secondary N) is 4. The third-order valence-electron chi connectivity index (χ3n) is 16.1. The zero-order chi connectivity index (χ0) is 67.1. The lowest BCUT2D eigenvalue weighted by molar-refractivity contribution is -0.156. The van der Waals surface area contributed by atoms with Crippen molar-refractivity contribution in [2.75, 3.05) is 62.4 Å². The molecular weight excluding hydrogens is 1100 g/mol. The van der Waals surface area contributed by atoms with Crippen molar-refractivity contribution in [2.24, 2.45) is 41.4 Å². The predicted octanol–water partition coefficient (Wildman–Crippen LogP) is 4.13. The van der Waals surface area contributed by atoms with E-state index in [-0.39, 0.29) is 48.8 Å². The Morgan fingerprint density at radius 2 is 0.907 bits per heavy atom. The van der Waals surface area contributed by atoms with Gasteiger partial charge in [0.1, 0.15) is 54.4 Å². The summed E-state index contributed by atoms with van der Waals surface area (Å²) >= 11 is 0. The maximum Gasteiger partial charge on any atom is 0.246 e. The Bertz CT molecular complexity index is 2240. The van der Waals surface area contributed by atoms with Crippen molar-refractivity contribution in [3.63, 3.8) is 0 Å². The summed E-state index contributed by atoms with van der Waals surface area (Å²) in [6.07, 6.45) is 2.17. The molecule has 86 heavy (non-hydrogen) atoms. The van der Waals surface area contributed by atoms with Crippen molar-refractivity contribution in [3.05, 3.63) is 0 Å². The van der Waals surface area contributed by atoms with Gasteiger partial charge in [-0.05, 0) is 93.8 Å². The molecule has 23 heteroatoms. The van der Waals surface area contributed by atoms with Crippen molar-refractivity contribution in [1.82, 2.24) is 55.6 Å². The molecule has 5 N–H and O–H groups in total. The van der Waals surface area contributed by atoms with E-state index in [0.29, 0.717) is 25.3 Å². The van der Waals surface area contributed by atoms with Crippen LogP contribution in [0.25, 0.3) is 0 Å². The van der Waals surface area contributed by atoms with Crippen LogP contribution in [-0.4, -0.2) is 227 Å². The van der Waals surface area contributed by atoms with E-state index >= 15 is 0 Å². The summed E-state index contributed by atoms with van der Waals surface area (Å²) < 4.78 is 0. The average molecular weight is 1220 g/mol. The molecule has 0 aliphatic heterocycles. The number of nitrogens with zero attached hydrogens (tertiary/aromatic N) is 7. The summed E-state index contributed by atoms with van der Waals surface area (Å²) in [6.45, 7) is 32.2. The molecule has 0 aliphatic carbocycles. The number of hydrogen-bond donors (Lipinski definition) is 5. The fraction of sp³-hybridized carbons (Fsp3) is 0.825. The molecule has 0 saturated carbocycles. The molecular formula is C63H117N11O12. The van der Waals surface area contributed by atoms with E-state index in [1.165, 1.54) is 75.7 Å². The van der Waals surface area contributed by atoms with Gasteiger partial charge in [-0.1, -0.05) is 117 Å². The van der Waals surface area contributed by atoms with E-state index in [2.05, 4.69) is 35.1 Å². The summed E-state index contributed by atoms with van der Waals surface area (Å²) in [5.74, 6) is -7.54. The van der Waals surface area contributed by atoms with Gasteiger partial charge < -0.3 is 60.7 Å². The van der Waals surface area contributed by atoms with Crippen molar-refractivity contribution in [3.8, 4) is 0 Å². The maximum absolute atomic E-state index is 14.7. The smallest absolute Gasteiger partial charge is 0.246 e. The summed E-state index contributed by atoms with van der Waals surface area (Å²) in [5, 5.41) is 23.0. The number of rotatable bonds is 37. The third kappa shape index (κ3) is 24.7. The minimum absolute atomic E-state index is 0.0275. The molecule has 0 rings (SSSR count). The third-order valence-corrected chi connectivity index (χ3v) is 16.1. The molecule has 0 bridgehead atoms. The van der Waals surface area contributed by atoms with Crippen LogP contribution >= 0.6 is 0 Å². The van der Waals surface area contributed by atoms with Gasteiger partial charge in [-0.2, -0.15) is 0 Å². The number of carbonyl (C=O) groups is 11. The van der Waals surface area contributed by atoms with Gasteiger partial charge in [0.2, 0.25) is 65.0 Å². The highest BCUT2D eigenvalue weighted by molar-refractivity contribution is 5.98. The van der Waals surface area contributed by atoms with Crippen LogP contribution in [0.5, 0.6) is 0 Å². The fourth-order valence-electron chi connectivity index (χ4n) is 10.3. The van der Waals surface area contributed by atoms with Crippen LogP contribution in [0.4, 0.5) is 0 Å². The summed E-state index contributed by atoms with van der Waals surface area (Å²) in [5.41, 5.74) is 0. The zero-order valence-corrected chi connectivity index (χ0v) is 57.5. The van der Waals surface area contributed by atoms with Gasteiger partial charge >= 0.3 is 0 Å². The standard InChI is InChI=1S/C63H117N11O12/c1-26-28-29-42(15)54(77)53(74(25)63(86)52(41(13)14)73(24)61(84)49(34-39(9)10)70(21)45(18)75)58(81)66-46(27-2)60(83)69(20)35-50(76)71(22)47(32-37(5)6)57(80)67-51(40(11)12)62(85)72(23)48(33-38(7)8)56(79)64-43(16)55(78)65-44(17)59(82)68(19)31-30-36(3)4/h36-44,46-49,51-54,77H,26-35H2,1-25H3,(H,64,79)(H,65,78)(H,66,81)(H,67,80). The topological polar surface area (TPSA) is 279 Å². The lowest BCUT2D eigenvalue weighted by Crippen LogP contribution is -2.63. The Balaban J connectivity index is 6.77. The highest BCUT2D eigenvalue weighted by atomic mass is 16.3. The van der Waals surface area contributed by atoms with Gasteiger partial charge in [0.25, 0.3) is 0 Å². The van der Waals surface area contributed by atoms with Gasteiger partial charge in [0.05, 0.1) is 12.6 Å². The first-order valence-corrected chi connectivity index (χ1v) is 31.3. The molecule has 11 amide bonds. The van der Waals surface area contributed by atoms with Crippen molar-refractivity contribution in [1.29, 1.82) is 0 Å². The molecule has 0 aromatic rings. The zero-order valence-electron chi connectivity index (χ0n) is 57.5. The second kappa shape index (κ2) is 37.7. The second-order valence-electron chi connectivity index (χ2n) is 26.5. The van der Waals surface area contributed by atoms with E-state index in [9.17, 15) is 57.8 Å². The van der Waals surface area contributed by atoms with E-state index in [1.54, 1.807) is 60.4 Å². The van der Waals surface area contributed by atoms with Crippen LogP contribution in [0.1, 0.15) is 176 Å². The SMILES string of the molecule is CCCCC(C)C(O)C(C(=O)NC(CC)C(=O)N(C)CC(=O)N(C)C(CC(C)C)C(=O)NC(C(=O)N(C)C(CC(C)C)C(=O)NC(C)C(=O)NC(C)C(=O)N(C)CCC(C)C)C(C)C)N(C)C(=O)C(C(C)C)N(C)C(=O)C(CC(C)C)N(C)C(C)=O. The number of unbranched alkanes of at least 4 members (excludes halogenated alkanes) is 1. The van der Waals surface area contributed by atoms with Crippen molar-refractivity contribution in [2.45, 2.75) is 236 Å². The van der Waals surface area contributed by atoms with Crippen LogP contribution in [0, 0.1) is 41.4 Å². The number of aliphatic hydroxyl groups excluding tert-OH is 1. The Morgan fingerprint density at radius 1 is 0.430 bits per heavy atom. The lowest BCUT2D eigenvalue weighted by atomic mass is 9.90. The van der Waals surface area contributed by atoms with Crippen molar-refractivity contribution < 1.29 is 57.8 Å². The average Bonchev–Trinajstić information content (AvgIpc) is 3.37. The number of amides is 11. The van der Waals surface area contributed by atoms with E-state index < -0.39 is 138 Å². The first-order chi connectivity index (χ1) is 39.6. The summed E-state index contributed by atoms with van der Waals surface area (Å²) in [7, 11) is 10.3. The van der Waals surface area contributed by atoms with Gasteiger partial charge in [-0.3, -0.25) is 52.7 Å².